The van der Waals surface area contributed by atoms with Gasteiger partial charge in [0.25, 0.3) is 0 Å². The Labute approximate surface area is 95.7 Å². The molecule has 3 heteroatoms. The van der Waals surface area contributed by atoms with E-state index < -0.39 is 5.41 Å². The summed E-state index contributed by atoms with van der Waals surface area (Å²) in [4.78, 5) is 12.0. The van der Waals surface area contributed by atoms with Crippen molar-refractivity contribution in [3.63, 3.8) is 0 Å². The largest absolute Gasteiger partial charge is 0.329 e. The van der Waals surface area contributed by atoms with E-state index in [0.717, 1.165) is 0 Å². The quantitative estimate of drug-likeness (QED) is 0.832. The van der Waals surface area contributed by atoms with Gasteiger partial charge in [-0.3, -0.25) is 4.79 Å². The number of rotatable bonds is 5. The maximum atomic E-state index is 12.9. The third kappa shape index (κ3) is 2.89. The highest BCUT2D eigenvalue weighted by Crippen LogP contribution is 2.22. The predicted molar refractivity (Wildman–Crippen MR) is 62.6 cm³/mol. The van der Waals surface area contributed by atoms with Gasteiger partial charge in [-0.2, -0.15) is 0 Å². The summed E-state index contributed by atoms with van der Waals surface area (Å²) in [6.07, 6.45) is 0.955. The van der Waals surface area contributed by atoms with Crippen LogP contribution < -0.4 is 5.73 Å². The smallest absolute Gasteiger partial charge is 0.144 e. The number of carbonyl (C=O) groups is 1. The molecule has 0 aliphatic carbocycles. The Bertz CT molecular complexity index is 372. The second kappa shape index (κ2) is 5.21. The van der Waals surface area contributed by atoms with Crippen molar-refractivity contribution >= 4 is 5.78 Å². The van der Waals surface area contributed by atoms with Gasteiger partial charge in [0.1, 0.15) is 11.6 Å². The van der Waals surface area contributed by atoms with Gasteiger partial charge in [0.15, 0.2) is 0 Å². The molecule has 1 atom stereocenters. The van der Waals surface area contributed by atoms with Crippen LogP contribution in [0.4, 0.5) is 4.39 Å². The molecule has 0 radical (unpaired) electrons. The fourth-order valence-corrected chi connectivity index (χ4v) is 1.50. The lowest BCUT2D eigenvalue weighted by Gasteiger charge is -2.24. The van der Waals surface area contributed by atoms with E-state index in [0.29, 0.717) is 18.5 Å². The summed E-state index contributed by atoms with van der Waals surface area (Å²) in [5.74, 6) is -0.237. The van der Waals surface area contributed by atoms with Gasteiger partial charge in [0.2, 0.25) is 0 Å². The summed E-state index contributed by atoms with van der Waals surface area (Å²) < 4.78 is 12.9. The Balaban J connectivity index is 2.78. The van der Waals surface area contributed by atoms with Gasteiger partial charge in [-0.05, 0) is 24.1 Å². The summed E-state index contributed by atoms with van der Waals surface area (Å²) >= 11 is 0. The van der Waals surface area contributed by atoms with Crippen LogP contribution >= 0.6 is 0 Å². The van der Waals surface area contributed by atoms with Crippen LogP contribution in [-0.4, -0.2) is 12.3 Å². The number of ketones is 1. The van der Waals surface area contributed by atoms with Crippen molar-refractivity contribution < 1.29 is 9.18 Å². The zero-order valence-corrected chi connectivity index (χ0v) is 9.79. The van der Waals surface area contributed by atoms with Crippen LogP contribution in [0.15, 0.2) is 24.3 Å². The molecule has 1 rings (SSSR count). The lowest BCUT2D eigenvalue weighted by molar-refractivity contribution is -0.126. The van der Waals surface area contributed by atoms with Gasteiger partial charge in [-0.15, -0.1) is 0 Å². The zero-order chi connectivity index (χ0) is 12.2. The number of hydrogen-bond donors (Lipinski definition) is 1. The first kappa shape index (κ1) is 12.8. The first-order valence-corrected chi connectivity index (χ1v) is 5.49. The third-order valence-electron chi connectivity index (χ3n) is 3.16. The molecule has 0 aromatic heterocycles. The molecule has 0 aliphatic rings. The summed E-state index contributed by atoms with van der Waals surface area (Å²) in [6, 6.07) is 6.14. The first-order chi connectivity index (χ1) is 7.51. The van der Waals surface area contributed by atoms with Gasteiger partial charge >= 0.3 is 0 Å². The minimum atomic E-state index is -0.494. The topological polar surface area (TPSA) is 43.1 Å². The van der Waals surface area contributed by atoms with E-state index in [4.69, 9.17) is 5.73 Å². The van der Waals surface area contributed by atoms with E-state index >= 15 is 0 Å². The Morgan fingerprint density at radius 1 is 1.50 bits per heavy atom. The second-order valence-corrected chi connectivity index (χ2v) is 4.35. The summed E-state index contributed by atoms with van der Waals surface area (Å²) in [5.41, 5.74) is 5.82. The number of benzene rings is 1. The normalized spacial score (nSPS) is 14.5. The van der Waals surface area contributed by atoms with Crippen molar-refractivity contribution in [3.8, 4) is 0 Å². The van der Waals surface area contributed by atoms with Crippen molar-refractivity contribution in [2.45, 2.75) is 26.7 Å². The molecule has 0 fully saturated rings. The fourth-order valence-electron chi connectivity index (χ4n) is 1.50. The van der Waals surface area contributed by atoms with Gasteiger partial charge in [0, 0.05) is 18.4 Å². The van der Waals surface area contributed by atoms with E-state index in [-0.39, 0.29) is 18.0 Å². The monoisotopic (exact) mass is 223 g/mol. The molecule has 88 valence electrons. The number of hydrogen-bond acceptors (Lipinski definition) is 2. The van der Waals surface area contributed by atoms with Gasteiger partial charge < -0.3 is 5.73 Å². The van der Waals surface area contributed by atoms with E-state index in [1.54, 1.807) is 12.1 Å². The summed E-state index contributed by atoms with van der Waals surface area (Å²) in [6.45, 7) is 4.13. The third-order valence-corrected chi connectivity index (χ3v) is 3.16. The molecule has 0 bridgehead atoms. The van der Waals surface area contributed by atoms with Crippen LogP contribution in [0.3, 0.4) is 0 Å². The van der Waals surface area contributed by atoms with Gasteiger partial charge in [-0.1, -0.05) is 26.0 Å². The van der Waals surface area contributed by atoms with Crippen molar-refractivity contribution in [1.29, 1.82) is 0 Å². The minimum Gasteiger partial charge on any atom is -0.329 e. The van der Waals surface area contributed by atoms with Gasteiger partial charge in [-0.25, -0.2) is 4.39 Å². The molecule has 2 N–H and O–H groups in total. The number of nitrogens with two attached hydrogens (primary N) is 1. The standard InChI is InChI=1S/C13H18FNO/c1-3-13(2,9-15)12(16)8-10-5-4-6-11(14)7-10/h4-7H,3,8-9,15H2,1-2H3. The number of carbonyl (C=O) groups excluding carboxylic acids is 1. The lowest BCUT2D eigenvalue weighted by Crippen LogP contribution is -2.36. The highest BCUT2D eigenvalue weighted by molar-refractivity contribution is 5.86. The molecule has 1 aromatic carbocycles. The highest BCUT2D eigenvalue weighted by Gasteiger charge is 2.29. The molecule has 0 spiro atoms. The van der Waals surface area contributed by atoms with Crippen LogP contribution in [-0.2, 0) is 11.2 Å². The van der Waals surface area contributed by atoms with Crippen molar-refractivity contribution in [2.75, 3.05) is 6.54 Å². The van der Waals surface area contributed by atoms with Gasteiger partial charge in [0.05, 0.1) is 0 Å². The van der Waals surface area contributed by atoms with Crippen LogP contribution in [0, 0.1) is 11.2 Å². The molecule has 2 nitrogen and oxygen atoms in total. The second-order valence-electron chi connectivity index (χ2n) is 4.35. The molecule has 0 saturated heterocycles. The zero-order valence-electron chi connectivity index (χ0n) is 9.79. The van der Waals surface area contributed by atoms with Crippen LogP contribution in [0.25, 0.3) is 0 Å². The van der Waals surface area contributed by atoms with E-state index in [2.05, 4.69) is 0 Å². The molecular formula is C13H18FNO. The maximum absolute atomic E-state index is 12.9. The average Bonchev–Trinajstić information content (AvgIpc) is 2.28. The highest BCUT2D eigenvalue weighted by atomic mass is 19.1. The summed E-state index contributed by atoms with van der Waals surface area (Å²) in [5, 5.41) is 0. The Kier molecular flexibility index (Phi) is 4.19. The molecule has 0 heterocycles. The first-order valence-electron chi connectivity index (χ1n) is 5.49. The fraction of sp³-hybridized carbons (Fsp3) is 0.462. The number of Topliss-reactive ketones (excluding diaryl/α,β-unsaturated/α-hetero) is 1. The van der Waals surface area contributed by atoms with Crippen LogP contribution in [0.1, 0.15) is 25.8 Å². The minimum absolute atomic E-state index is 0.0723. The van der Waals surface area contributed by atoms with Crippen molar-refractivity contribution in [1.82, 2.24) is 0 Å². The molecule has 16 heavy (non-hydrogen) atoms. The lowest BCUT2D eigenvalue weighted by atomic mass is 9.80. The number of halogens is 1. The van der Waals surface area contributed by atoms with Crippen LogP contribution in [0.2, 0.25) is 0 Å². The predicted octanol–water partition coefficient (Wildman–Crippen LogP) is 2.31. The average molecular weight is 223 g/mol. The molecule has 0 amide bonds. The Morgan fingerprint density at radius 3 is 2.69 bits per heavy atom. The summed E-state index contributed by atoms with van der Waals surface area (Å²) in [7, 11) is 0. The Hall–Kier alpha value is -1.22. The molecule has 1 aromatic rings. The SMILES string of the molecule is CCC(C)(CN)C(=O)Cc1cccc(F)c1. The van der Waals surface area contributed by atoms with Crippen molar-refractivity contribution in [3.05, 3.63) is 35.6 Å². The maximum Gasteiger partial charge on any atom is 0.144 e. The molecule has 0 saturated carbocycles. The molecular weight excluding hydrogens is 205 g/mol. The Morgan fingerprint density at radius 2 is 2.19 bits per heavy atom. The van der Waals surface area contributed by atoms with Crippen molar-refractivity contribution in [2.24, 2.45) is 11.1 Å². The van der Waals surface area contributed by atoms with Crippen LogP contribution in [0.5, 0.6) is 0 Å². The van der Waals surface area contributed by atoms with E-state index in [9.17, 15) is 9.18 Å². The van der Waals surface area contributed by atoms with E-state index in [1.165, 1.54) is 12.1 Å². The molecule has 1 unspecified atom stereocenters. The molecule has 0 aliphatic heterocycles. The van der Waals surface area contributed by atoms with E-state index in [1.807, 2.05) is 13.8 Å².